The van der Waals surface area contributed by atoms with Gasteiger partial charge in [0, 0.05) is 19.3 Å². The van der Waals surface area contributed by atoms with Crippen molar-refractivity contribution in [2.24, 2.45) is 0 Å². The van der Waals surface area contributed by atoms with Gasteiger partial charge in [0.2, 0.25) is 11.8 Å². The van der Waals surface area contributed by atoms with Crippen LogP contribution >= 0.6 is 11.8 Å². The topological polar surface area (TPSA) is 49.4 Å². The lowest BCUT2D eigenvalue weighted by molar-refractivity contribution is -0.139. The van der Waals surface area contributed by atoms with Gasteiger partial charge in [-0.05, 0) is 36.6 Å². The molecule has 0 unspecified atom stereocenters. The Morgan fingerprint density at radius 1 is 1.14 bits per heavy atom. The molecule has 0 saturated heterocycles. The molecule has 2 aromatic carbocycles. The zero-order valence-corrected chi connectivity index (χ0v) is 17.4. The Morgan fingerprint density at radius 2 is 1.86 bits per heavy atom. The van der Waals surface area contributed by atoms with E-state index >= 15 is 0 Å². The summed E-state index contributed by atoms with van der Waals surface area (Å²) in [5.41, 5.74) is 3.07. The minimum absolute atomic E-state index is 0.0796. The zero-order chi connectivity index (χ0) is 20.5. The standard InChI is InChI=1S/C22H27FN2O2S/c1-4-20(22(27)24-3)25(13-18-7-5-6-16(2)12-18)21(26)15-28-14-17-8-10-19(23)11-9-17/h5-12,20H,4,13-15H2,1-3H3,(H,24,27)/t20-/m1/s1. The van der Waals surface area contributed by atoms with Crippen LogP contribution in [0.2, 0.25) is 0 Å². The maximum absolute atomic E-state index is 13.0. The van der Waals surface area contributed by atoms with E-state index in [1.54, 1.807) is 24.1 Å². The second-order valence-electron chi connectivity index (χ2n) is 6.67. The van der Waals surface area contributed by atoms with Gasteiger partial charge in [-0.1, -0.05) is 48.9 Å². The van der Waals surface area contributed by atoms with Crippen LogP contribution in [0.1, 0.15) is 30.0 Å². The Bertz CT molecular complexity index is 795. The smallest absolute Gasteiger partial charge is 0.242 e. The van der Waals surface area contributed by atoms with Gasteiger partial charge in [-0.2, -0.15) is 0 Å². The minimum Gasteiger partial charge on any atom is -0.357 e. The summed E-state index contributed by atoms with van der Waals surface area (Å²) in [4.78, 5) is 26.9. The lowest BCUT2D eigenvalue weighted by atomic mass is 10.1. The fraction of sp³-hybridized carbons (Fsp3) is 0.364. The number of carbonyl (C=O) groups excluding carboxylic acids is 2. The van der Waals surface area contributed by atoms with Crippen LogP contribution in [0.25, 0.3) is 0 Å². The van der Waals surface area contributed by atoms with Crippen LogP contribution in [-0.2, 0) is 21.9 Å². The van der Waals surface area contributed by atoms with E-state index in [0.29, 0.717) is 18.7 Å². The third-order valence-corrected chi connectivity index (χ3v) is 5.46. The molecule has 6 heteroatoms. The Morgan fingerprint density at radius 3 is 2.46 bits per heavy atom. The van der Waals surface area contributed by atoms with Crippen molar-refractivity contribution in [2.75, 3.05) is 12.8 Å². The van der Waals surface area contributed by atoms with Gasteiger partial charge >= 0.3 is 0 Å². The van der Waals surface area contributed by atoms with E-state index in [4.69, 9.17) is 0 Å². The summed E-state index contributed by atoms with van der Waals surface area (Å²) < 4.78 is 13.0. The van der Waals surface area contributed by atoms with Gasteiger partial charge in [-0.3, -0.25) is 9.59 Å². The van der Waals surface area contributed by atoms with Crippen molar-refractivity contribution in [2.45, 2.75) is 38.6 Å². The number of carbonyl (C=O) groups is 2. The molecule has 150 valence electrons. The first kappa shape index (κ1) is 22.0. The lowest BCUT2D eigenvalue weighted by Gasteiger charge is -2.30. The van der Waals surface area contributed by atoms with Gasteiger partial charge in [0.15, 0.2) is 0 Å². The van der Waals surface area contributed by atoms with Crippen molar-refractivity contribution in [1.29, 1.82) is 0 Å². The molecule has 1 N–H and O–H groups in total. The van der Waals surface area contributed by atoms with Crippen molar-refractivity contribution >= 4 is 23.6 Å². The van der Waals surface area contributed by atoms with Gasteiger partial charge in [0.25, 0.3) is 0 Å². The summed E-state index contributed by atoms with van der Waals surface area (Å²) in [7, 11) is 1.59. The Hall–Kier alpha value is -2.34. The van der Waals surface area contributed by atoms with Crippen LogP contribution in [0.5, 0.6) is 0 Å². The number of likely N-dealkylation sites (N-methyl/N-ethyl adjacent to an activating group) is 1. The summed E-state index contributed by atoms with van der Waals surface area (Å²) in [6.45, 7) is 4.30. The van der Waals surface area contributed by atoms with Gasteiger partial charge in [-0.15, -0.1) is 11.8 Å². The fourth-order valence-corrected chi connectivity index (χ4v) is 3.88. The number of thioether (sulfide) groups is 1. The summed E-state index contributed by atoms with van der Waals surface area (Å²) in [6.07, 6.45) is 0.542. The molecule has 4 nitrogen and oxygen atoms in total. The molecule has 2 rings (SSSR count). The average molecular weight is 403 g/mol. The zero-order valence-electron chi connectivity index (χ0n) is 16.6. The average Bonchev–Trinajstić information content (AvgIpc) is 2.69. The molecule has 0 fully saturated rings. The number of aryl methyl sites for hydroxylation is 1. The molecule has 0 saturated carbocycles. The van der Waals surface area contributed by atoms with Gasteiger partial charge < -0.3 is 10.2 Å². The molecule has 28 heavy (non-hydrogen) atoms. The predicted molar refractivity (Wildman–Crippen MR) is 112 cm³/mol. The molecule has 0 aliphatic carbocycles. The van der Waals surface area contributed by atoms with Gasteiger partial charge in [0.1, 0.15) is 11.9 Å². The molecule has 2 amide bonds. The molecular weight excluding hydrogens is 375 g/mol. The molecule has 1 atom stereocenters. The van der Waals surface area contributed by atoms with Crippen molar-refractivity contribution in [3.8, 4) is 0 Å². The number of nitrogens with zero attached hydrogens (tertiary/aromatic N) is 1. The van der Waals surface area contributed by atoms with E-state index < -0.39 is 6.04 Å². The first-order valence-corrected chi connectivity index (χ1v) is 10.5. The quantitative estimate of drug-likeness (QED) is 0.692. The second-order valence-corrected chi connectivity index (χ2v) is 7.65. The van der Waals surface area contributed by atoms with Crippen LogP contribution in [0.4, 0.5) is 4.39 Å². The number of amides is 2. The molecule has 0 heterocycles. The monoisotopic (exact) mass is 402 g/mol. The maximum Gasteiger partial charge on any atom is 0.242 e. The first-order chi connectivity index (χ1) is 13.4. The summed E-state index contributed by atoms with van der Waals surface area (Å²) >= 11 is 1.46. The van der Waals surface area contributed by atoms with Crippen LogP contribution in [0.3, 0.4) is 0 Å². The molecule has 0 radical (unpaired) electrons. The van der Waals surface area contributed by atoms with Gasteiger partial charge in [-0.25, -0.2) is 4.39 Å². The number of hydrogen-bond acceptors (Lipinski definition) is 3. The predicted octanol–water partition coefficient (Wildman–Crippen LogP) is 3.92. The highest BCUT2D eigenvalue weighted by molar-refractivity contribution is 7.99. The fourth-order valence-electron chi connectivity index (χ4n) is 3.01. The van der Waals surface area contributed by atoms with E-state index in [2.05, 4.69) is 5.32 Å². The number of benzene rings is 2. The van der Waals surface area contributed by atoms with Crippen molar-refractivity contribution in [3.63, 3.8) is 0 Å². The Labute approximate surface area is 170 Å². The van der Waals surface area contributed by atoms with Crippen LogP contribution < -0.4 is 5.32 Å². The van der Waals surface area contributed by atoms with Crippen LogP contribution in [-0.4, -0.2) is 35.6 Å². The molecule has 2 aromatic rings. The van der Waals surface area contributed by atoms with Crippen LogP contribution in [0, 0.1) is 12.7 Å². The summed E-state index contributed by atoms with van der Waals surface area (Å²) in [6, 6.07) is 13.7. The third kappa shape index (κ3) is 6.37. The second kappa shape index (κ2) is 10.9. The third-order valence-electron chi connectivity index (χ3n) is 4.48. The van der Waals surface area contributed by atoms with E-state index in [1.807, 2.05) is 38.1 Å². The number of hydrogen-bond donors (Lipinski definition) is 1. The minimum atomic E-state index is -0.510. The SMILES string of the molecule is CC[C@H](C(=O)NC)N(Cc1cccc(C)c1)C(=O)CSCc1ccc(F)cc1. The first-order valence-electron chi connectivity index (χ1n) is 9.33. The highest BCUT2D eigenvalue weighted by atomic mass is 32.2. The van der Waals surface area contributed by atoms with Crippen LogP contribution in [0.15, 0.2) is 48.5 Å². The molecule has 0 bridgehead atoms. The normalized spacial score (nSPS) is 11.7. The number of rotatable bonds is 9. The molecular formula is C22H27FN2O2S. The molecule has 0 aliphatic rings. The van der Waals surface area contributed by atoms with E-state index in [-0.39, 0.29) is 23.4 Å². The Balaban J connectivity index is 2.08. The van der Waals surface area contributed by atoms with E-state index in [0.717, 1.165) is 16.7 Å². The van der Waals surface area contributed by atoms with Crippen molar-refractivity contribution in [3.05, 3.63) is 71.0 Å². The maximum atomic E-state index is 13.0. The summed E-state index contributed by atoms with van der Waals surface area (Å²) in [5, 5.41) is 2.66. The largest absolute Gasteiger partial charge is 0.357 e. The van der Waals surface area contributed by atoms with E-state index in [1.165, 1.54) is 23.9 Å². The highest BCUT2D eigenvalue weighted by Crippen LogP contribution is 2.18. The van der Waals surface area contributed by atoms with E-state index in [9.17, 15) is 14.0 Å². The lowest BCUT2D eigenvalue weighted by Crippen LogP contribution is -2.48. The van der Waals surface area contributed by atoms with Crippen molar-refractivity contribution < 1.29 is 14.0 Å². The van der Waals surface area contributed by atoms with Gasteiger partial charge in [0.05, 0.1) is 5.75 Å². The Kier molecular flexibility index (Phi) is 8.51. The molecule has 0 spiro atoms. The number of nitrogens with one attached hydrogen (secondary N) is 1. The summed E-state index contributed by atoms with van der Waals surface area (Å²) in [5.74, 6) is 0.360. The highest BCUT2D eigenvalue weighted by Gasteiger charge is 2.27. The van der Waals surface area contributed by atoms with Crippen molar-refractivity contribution in [1.82, 2.24) is 10.2 Å². The number of halogens is 1. The molecule has 0 aliphatic heterocycles. The molecule has 0 aromatic heterocycles.